The van der Waals surface area contributed by atoms with E-state index in [-0.39, 0.29) is 11.8 Å². The van der Waals surface area contributed by atoms with Crippen LogP contribution in [-0.4, -0.2) is 64.2 Å². The van der Waals surface area contributed by atoms with Gasteiger partial charge in [0.1, 0.15) is 0 Å². The molecule has 8 heteroatoms. The fraction of sp³-hybridized carbons (Fsp3) is 0.650. The minimum absolute atomic E-state index is 0.0498. The molecular formula is C20H35N5O2S. The lowest BCUT2D eigenvalue weighted by Crippen LogP contribution is -2.42. The quantitative estimate of drug-likeness (QED) is 0.483. The summed E-state index contributed by atoms with van der Waals surface area (Å²) >= 11 is 0. The normalized spacial score (nSPS) is 16.5. The van der Waals surface area contributed by atoms with Crippen molar-refractivity contribution in [2.24, 2.45) is 4.99 Å². The number of hydrogen-bond donors (Lipinski definition) is 2. The Morgan fingerprint density at radius 3 is 2.54 bits per heavy atom. The molecule has 0 spiro atoms. The zero-order chi connectivity index (χ0) is 20.6. The Morgan fingerprint density at radius 1 is 1.25 bits per heavy atom. The smallest absolute Gasteiger partial charge is 0.215 e. The van der Waals surface area contributed by atoms with E-state index in [0.29, 0.717) is 25.6 Å². The van der Waals surface area contributed by atoms with Gasteiger partial charge in [0.05, 0.1) is 11.8 Å². The topological polar surface area (TPSA) is 77.0 Å². The number of aliphatic imine (C=N–C) groups is 1. The Balaban J connectivity index is 1.91. The number of benzene rings is 1. The van der Waals surface area contributed by atoms with Gasteiger partial charge in [0.15, 0.2) is 5.96 Å². The molecule has 2 rings (SSSR count). The zero-order valence-corrected chi connectivity index (χ0v) is 18.4. The van der Waals surface area contributed by atoms with E-state index in [4.69, 9.17) is 0 Å². The molecule has 7 nitrogen and oxygen atoms in total. The first-order chi connectivity index (χ1) is 13.4. The van der Waals surface area contributed by atoms with Gasteiger partial charge in [-0.15, -0.1) is 0 Å². The van der Waals surface area contributed by atoms with Gasteiger partial charge in [-0.05, 0) is 37.5 Å². The van der Waals surface area contributed by atoms with E-state index in [1.54, 1.807) is 7.05 Å². The highest BCUT2D eigenvalue weighted by Crippen LogP contribution is 2.23. The van der Waals surface area contributed by atoms with Gasteiger partial charge in [0.2, 0.25) is 10.0 Å². The first kappa shape index (κ1) is 22.5. The highest BCUT2D eigenvalue weighted by Gasteiger charge is 2.19. The average Bonchev–Trinajstić information content (AvgIpc) is 3.22. The summed E-state index contributed by atoms with van der Waals surface area (Å²) in [6.07, 6.45) is 2.51. The summed E-state index contributed by atoms with van der Waals surface area (Å²) in [4.78, 5) is 6.65. The second-order valence-electron chi connectivity index (χ2n) is 7.05. The number of anilines is 1. The molecule has 0 aliphatic carbocycles. The van der Waals surface area contributed by atoms with Crippen molar-refractivity contribution in [3.63, 3.8) is 0 Å². The van der Waals surface area contributed by atoms with Crippen LogP contribution in [0.5, 0.6) is 0 Å². The first-order valence-electron chi connectivity index (χ1n) is 10.2. The van der Waals surface area contributed by atoms with E-state index in [1.807, 2.05) is 13.8 Å². The minimum atomic E-state index is -3.24. The monoisotopic (exact) mass is 409 g/mol. The molecule has 1 unspecified atom stereocenters. The van der Waals surface area contributed by atoms with Gasteiger partial charge in [0, 0.05) is 45.5 Å². The molecule has 1 aliphatic heterocycles. The van der Waals surface area contributed by atoms with Crippen molar-refractivity contribution < 1.29 is 8.42 Å². The molecule has 2 N–H and O–H groups in total. The molecule has 1 aromatic carbocycles. The van der Waals surface area contributed by atoms with E-state index < -0.39 is 10.0 Å². The Labute approximate surface area is 170 Å². The van der Waals surface area contributed by atoms with Gasteiger partial charge >= 0.3 is 0 Å². The van der Waals surface area contributed by atoms with Gasteiger partial charge in [-0.1, -0.05) is 26.0 Å². The molecule has 0 amide bonds. The molecule has 158 valence electrons. The lowest BCUT2D eigenvalue weighted by molar-refractivity contribution is 0.445. The van der Waals surface area contributed by atoms with Crippen LogP contribution in [0.1, 0.15) is 45.2 Å². The largest absolute Gasteiger partial charge is 0.372 e. The van der Waals surface area contributed by atoms with Crippen LogP contribution in [-0.2, 0) is 10.0 Å². The molecule has 1 aliphatic rings. The van der Waals surface area contributed by atoms with Gasteiger partial charge in [0.25, 0.3) is 0 Å². The SMILES string of the molecule is CCN(CC)S(=O)(=O)CCNC(=NC)NC(C)c1cccc(N2CCCC2)c1. The summed E-state index contributed by atoms with van der Waals surface area (Å²) in [6, 6.07) is 8.64. The predicted octanol–water partition coefficient (Wildman–Crippen LogP) is 2.18. The third-order valence-electron chi connectivity index (χ3n) is 5.17. The summed E-state index contributed by atoms with van der Waals surface area (Å²) in [6.45, 7) is 9.35. The van der Waals surface area contributed by atoms with Crippen molar-refractivity contribution in [3.8, 4) is 0 Å². The van der Waals surface area contributed by atoms with Crippen molar-refractivity contribution in [1.82, 2.24) is 14.9 Å². The molecule has 0 aromatic heterocycles. The Morgan fingerprint density at radius 2 is 1.93 bits per heavy atom. The average molecular weight is 410 g/mol. The maximum Gasteiger partial charge on any atom is 0.215 e. The third-order valence-corrected chi connectivity index (χ3v) is 7.19. The van der Waals surface area contributed by atoms with Crippen molar-refractivity contribution in [2.45, 2.75) is 39.7 Å². The molecule has 1 aromatic rings. The summed E-state index contributed by atoms with van der Waals surface area (Å²) in [5.74, 6) is 0.655. The lowest BCUT2D eigenvalue weighted by Gasteiger charge is -2.22. The molecular weight excluding hydrogens is 374 g/mol. The molecule has 0 saturated carbocycles. The van der Waals surface area contributed by atoms with Gasteiger partial charge in [-0.3, -0.25) is 4.99 Å². The number of hydrogen-bond acceptors (Lipinski definition) is 4. The Bertz CT molecular complexity index is 741. The summed E-state index contributed by atoms with van der Waals surface area (Å²) in [5.41, 5.74) is 2.44. The second-order valence-corrected chi connectivity index (χ2v) is 9.14. The number of sulfonamides is 1. The molecule has 1 atom stereocenters. The molecule has 0 bridgehead atoms. The maximum atomic E-state index is 12.3. The second kappa shape index (κ2) is 10.7. The highest BCUT2D eigenvalue weighted by molar-refractivity contribution is 7.89. The molecule has 1 heterocycles. The van der Waals surface area contributed by atoms with Crippen LogP contribution in [0.2, 0.25) is 0 Å². The third kappa shape index (κ3) is 6.10. The number of rotatable bonds is 9. The van der Waals surface area contributed by atoms with Crippen LogP contribution in [0, 0.1) is 0 Å². The molecule has 1 fully saturated rings. The van der Waals surface area contributed by atoms with Crippen LogP contribution in [0.4, 0.5) is 5.69 Å². The minimum Gasteiger partial charge on any atom is -0.372 e. The fourth-order valence-electron chi connectivity index (χ4n) is 3.49. The standard InChI is InChI=1S/C20H35N5O2S/c1-5-25(6-2)28(26,27)15-12-22-20(21-4)23-17(3)18-10-9-11-19(16-18)24-13-7-8-14-24/h9-11,16-17H,5-8,12-15H2,1-4H3,(H2,21,22,23). The van der Waals surface area contributed by atoms with Gasteiger partial charge in [-0.25, -0.2) is 12.7 Å². The van der Waals surface area contributed by atoms with Crippen LogP contribution < -0.4 is 15.5 Å². The van der Waals surface area contributed by atoms with Crippen LogP contribution in [0.15, 0.2) is 29.3 Å². The molecule has 1 saturated heterocycles. The van der Waals surface area contributed by atoms with Crippen molar-refractivity contribution >= 4 is 21.7 Å². The Hall–Kier alpha value is -1.80. The maximum absolute atomic E-state index is 12.3. The van der Waals surface area contributed by atoms with Gasteiger partial charge in [-0.2, -0.15) is 0 Å². The number of guanidine groups is 1. The van der Waals surface area contributed by atoms with E-state index >= 15 is 0 Å². The van der Waals surface area contributed by atoms with E-state index in [0.717, 1.165) is 13.1 Å². The van der Waals surface area contributed by atoms with Crippen molar-refractivity contribution in [3.05, 3.63) is 29.8 Å². The van der Waals surface area contributed by atoms with E-state index in [9.17, 15) is 8.42 Å². The number of nitrogens with one attached hydrogen (secondary N) is 2. The molecule has 0 radical (unpaired) electrons. The van der Waals surface area contributed by atoms with Gasteiger partial charge < -0.3 is 15.5 Å². The van der Waals surface area contributed by atoms with Crippen LogP contribution >= 0.6 is 0 Å². The summed E-state index contributed by atoms with van der Waals surface area (Å²) < 4.78 is 26.1. The van der Waals surface area contributed by atoms with E-state index in [2.05, 4.69) is 51.7 Å². The van der Waals surface area contributed by atoms with Crippen molar-refractivity contribution in [2.75, 3.05) is 50.4 Å². The van der Waals surface area contributed by atoms with Crippen molar-refractivity contribution in [1.29, 1.82) is 0 Å². The summed E-state index contributed by atoms with van der Waals surface area (Å²) in [7, 11) is -1.54. The summed E-state index contributed by atoms with van der Waals surface area (Å²) in [5, 5.41) is 6.48. The first-order valence-corrected chi connectivity index (χ1v) is 11.8. The van der Waals surface area contributed by atoms with Crippen LogP contribution in [0.25, 0.3) is 0 Å². The van der Waals surface area contributed by atoms with Crippen LogP contribution in [0.3, 0.4) is 0 Å². The lowest BCUT2D eigenvalue weighted by atomic mass is 10.1. The Kier molecular flexibility index (Phi) is 8.57. The molecule has 28 heavy (non-hydrogen) atoms. The van der Waals surface area contributed by atoms with E-state index in [1.165, 1.54) is 28.4 Å². The number of nitrogens with zero attached hydrogens (tertiary/aromatic N) is 3. The fourth-order valence-corrected chi connectivity index (χ4v) is 4.90. The zero-order valence-electron chi connectivity index (χ0n) is 17.6. The predicted molar refractivity (Wildman–Crippen MR) is 118 cm³/mol. The highest BCUT2D eigenvalue weighted by atomic mass is 32.2.